The van der Waals surface area contributed by atoms with Crippen LogP contribution in [-0.4, -0.2) is 11.1 Å². The molecule has 3 aromatic rings. The minimum atomic E-state index is -0.194. The third kappa shape index (κ3) is 3.14. The molecule has 0 aliphatic rings. The van der Waals surface area contributed by atoms with Gasteiger partial charge in [0.05, 0.1) is 0 Å². The van der Waals surface area contributed by atoms with Crippen LogP contribution in [0, 0.1) is 5.82 Å². The predicted octanol–water partition coefficient (Wildman–Crippen LogP) is 3.72. The van der Waals surface area contributed by atoms with E-state index in [9.17, 15) is 4.39 Å². The van der Waals surface area contributed by atoms with Crippen molar-refractivity contribution in [1.82, 2.24) is 4.57 Å². The van der Waals surface area contributed by atoms with E-state index in [4.69, 9.17) is 5.73 Å². The van der Waals surface area contributed by atoms with Crippen LogP contribution in [0.4, 0.5) is 4.39 Å². The van der Waals surface area contributed by atoms with Gasteiger partial charge in [0.15, 0.2) is 0 Å². The molecule has 0 fully saturated rings. The molecule has 2 nitrogen and oxygen atoms in total. The summed E-state index contributed by atoms with van der Waals surface area (Å²) in [5, 5.41) is 1.24. The molecule has 1 aromatic heterocycles. The summed E-state index contributed by atoms with van der Waals surface area (Å²) in [7, 11) is 0. The fourth-order valence-electron chi connectivity index (χ4n) is 2.64. The number of nitrogens with zero attached hydrogens (tertiary/aromatic N) is 1. The van der Waals surface area contributed by atoms with Gasteiger partial charge in [0.2, 0.25) is 0 Å². The van der Waals surface area contributed by atoms with Crippen molar-refractivity contribution in [2.75, 3.05) is 6.54 Å². The summed E-state index contributed by atoms with van der Waals surface area (Å²) in [5.41, 5.74) is 9.19. The topological polar surface area (TPSA) is 30.9 Å². The van der Waals surface area contributed by atoms with E-state index >= 15 is 0 Å². The van der Waals surface area contributed by atoms with E-state index in [0.29, 0.717) is 0 Å². The Hall–Kier alpha value is -2.13. The minimum absolute atomic E-state index is 0.194. The van der Waals surface area contributed by atoms with Crippen LogP contribution < -0.4 is 5.73 Å². The number of hydrogen-bond donors (Lipinski definition) is 1. The maximum atomic E-state index is 12.9. The van der Waals surface area contributed by atoms with Crippen molar-refractivity contribution in [3.8, 4) is 0 Å². The van der Waals surface area contributed by atoms with Crippen LogP contribution in [-0.2, 0) is 13.0 Å². The molecule has 108 valence electrons. The van der Waals surface area contributed by atoms with Crippen molar-refractivity contribution in [3.63, 3.8) is 0 Å². The lowest BCUT2D eigenvalue weighted by molar-refractivity contribution is 0.626. The molecule has 3 rings (SSSR count). The van der Waals surface area contributed by atoms with Crippen LogP contribution in [0.5, 0.6) is 0 Å². The second-order valence-corrected chi connectivity index (χ2v) is 5.36. The van der Waals surface area contributed by atoms with E-state index in [1.54, 1.807) is 0 Å². The summed E-state index contributed by atoms with van der Waals surface area (Å²) in [6.07, 6.45) is 4.12. The third-order valence-corrected chi connectivity index (χ3v) is 3.77. The van der Waals surface area contributed by atoms with Crippen LogP contribution >= 0.6 is 0 Å². The van der Waals surface area contributed by atoms with Gasteiger partial charge in [-0.05, 0) is 66.2 Å². The number of aryl methyl sites for hydroxylation is 1. The predicted molar refractivity (Wildman–Crippen MR) is 84.8 cm³/mol. The molecule has 2 N–H and O–H groups in total. The largest absolute Gasteiger partial charge is 0.343 e. The lowest BCUT2D eigenvalue weighted by atomic mass is 10.1. The van der Waals surface area contributed by atoms with E-state index in [-0.39, 0.29) is 5.82 Å². The first-order chi connectivity index (χ1) is 10.3. The van der Waals surface area contributed by atoms with Gasteiger partial charge in [-0.1, -0.05) is 18.2 Å². The highest BCUT2D eigenvalue weighted by atomic mass is 19.1. The van der Waals surface area contributed by atoms with Crippen molar-refractivity contribution in [2.45, 2.75) is 19.4 Å². The molecule has 0 spiro atoms. The van der Waals surface area contributed by atoms with Crippen molar-refractivity contribution in [3.05, 3.63) is 71.7 Å². The highest BCUT2D eigenvalue weighted by Gasteiger charge is 2.03. The quantitative estimate of drug-likeness (QED) is 0.759. The summed E-state index contributed by atoms with van der Waals surface area (Å²) in [6.45, 7) is 1.48. The maximum absolute atomic E-state index is 12.9. The average Bonchev–Trinajstić information content (AvgIpc) is 2.90. The van der Waals surface area contributed by atoms with Crippen LogP contribution in [0.25, 0.3) is 10.9 Å². The number of nitrogens with two attached hydrogens (primary N) is 1. The number of fused-ring (bicyclic) bond motifs is 1. The first-order valence-electron chi connectivity index (χ1n) is 7.28. The van der Waals surface area contributed by atoms with Crippen LogP contribution in [0.15, 0.2) is 54.7 Å². The van der Waals surface area contributed by atoms with Crippen molar-refractivity contribution < 1.29 is 4.39 Å². The Morgan fingerprint density at radius 2 is 1.71 bits per heavy atom. The van der Waals surface area contributed by atoms with Gasteiger partial charge in [-0.2, -0.15) is 0 Å². The number of benzene rings is 2. The van der Waals surface area contributed by atoms with E-state index in [0.717, 1.165) is 31.5 Å². The van der Waals surface area contributed by atoms with E-state index < -0.39 is 0 Å². The van der Waals surface area contributed by atoms with Gasteiger partial charge in [-0.25, -0.2) is 4.39 Å². The monoisotopic (exact) mass is 282 g/mol. The van der Waals surface area contributed by atoms with Crippen molar-refractivity contribution in [2.24, 2.45) is 5.73 Å². The molecule has 0 aliphatic heterocycles. The van der Waals surface area contributed by atoms with Crippen LogP contribution in [0.1, 0.15) is 17.5 Å². The Morgan fingerprint density at radius 3 is 2.48 bits per heavy atom. The van der Waals surface area contributed by atoms with Gasteiger partial charge >= 0.3 is 0 Å². The molecule has 2 aromatic carbocycles. The summed E-state index contributed by atoms with van der Waals surface area (Å²) < 4.78 is 15.1. The lowest BCUT2D eigenvalue weighted by Crippen LogP contribution is -2.00. The number of halogens is 1. The van der Waals surface area contributed by atoms with E-state index in [2.05, 4.69) is 35.0 Å². The van der Waals surface area contributed by atoms with E-state index in [1.807, 2.05) is 12.1 Å². The smallest absolute Gasteiger partial charge is 0.123 e. The van der Waals surface area contributed by atoms with E-state index in [1.165, 1.54) is 28.6 Å². The zero-order chi connectivity index (χ0) is 14.7. The second kappa shape index (κ2) is 6.10. The normalized spacial score (nSPS) is 11.1. The number of aromatic nitrogens is 1. The Balaban J connectivity index is 1.84. The van der Waals surface area contributed by atoms with Gasteiger partial charge in [0.1, 0.15) is 5.82 Å². The molecule has 1 heterocycles. The molecule has 0 saturated heterocycles. The summed E-state index contributed by atoms with van der Waals surface area (Å²) >= 11 is 0. The zero-order valence-electron chi connectivity index (χ0n) is 11.9. The van der Waals surface area contributed by atoms with Gasteiger partial charge in [0.25, 0.3) is 0 Å². The molecule has 0 saturated carbocycles. The Morgan fingerprint density at radius 1 is 0.952 bits per heavy atom. The molecule has 21 heavy (non-hydrogen) atoms. The first-order valence-corrected chi connectivity index (χ1v) is 7.28. The fraction of sp³-hybridized carbons (Fsp3) is 0.222. The highest BCUT2D eigenvalue weighted by molar-refractivity contribution is 5.81. The standard InChI is InChI=1S/C18H19FN2/c19-17-6-3-15(4-7-17)13-21-11-9-16-12-14(2-1-10-20)5-8-18(16)21/h3-9,11-12H,1-2,10,13,20H2. The zero-order valence-corrected chi connectivity index (χ0v) is 11.9. The van der Waals surface area contributed by atoms with Crippen LogP contribution in [0.3, 0.4) is 0 Å². The summed E-state index contributed by atoms with van der Waals surface area (Å²) in [5.74, 6) is -0.194. The SMILES string of the molecule is NCCCc1ccc2c(ccn2Cc2ccc(F)cc2)c1. The summed E-state index contributed by atoms with van der Waals surface area (Å²) in [4.78, 5) is 0. The molecule has 0 aliphatic carbocycles. The minimum Gasteiger partial charge on any atom is -0.343 e. The third-order valence-electron chi connectivity index (χ3n) is 3.77. The Bertz CT molecular complexity index is 729. The van der Waals surface area contributed by atoms with Gasteiger partial charge in [-0.15, -0.1) is 0 Å². The Kier molecular flexibility index (Phi) is 4.02. The maximum Gasteiger partial charge on any atom is 0.123 e. The second-order valence-electron chi connectivity index (χ2n) is 5.36. The lowest BCUT2D eigenvalue weighted by Gasteiger charge is -2.07. The molecule has 0 bridgehead atoms. The molecular weight excluding hydrogens is 263 g/mol. The highest BCUT2D eigenvalue weighted by Crippen LogP contribution is 2.20. The van der Waals surface area contributed by atoms with Crippen molar-refractivity contribution >= 4 is 10.9 Å². The number of hydrogen-bond acceptors (Lipinski definition) is 1. The first kappa shape index (κ1) is 13.8. The molecule has 0 amide bonds. The molecule has 0 atom stereocenters. The van der Waals surface area contributed by atoms with Crippen LogP contribution in [0.2, 0.25) is 0 Å². The molecule has 0 radical (unpaired) electrons. The molecular formula is C18H19FN2. The summed E-state index contributed by atoms with van der Waals surface area (Å²) in [6, 6.07) is 15.4. The van der Waals surface area contributed by atoms with Gasteiger partial charge in [0, 0.05) is 18.3 Å². The average molecular weight is 282 g/mol. The van der Waals surface area contributed by atoms with Crippen molar-refractivity contribution in [1.29, 1.82) is 0 Å². The molecule has 0 unspecified atom stereocenters. The molecule has 3 heteroatoms. The fourth-order valence-corrected chi connectivity index (χ4v) is 2.64. The number of rotatable bonds is 5. The Labute approximate surface area is 124 Å². The van der Waals surface area contributed by atoms with Gasteiger partial charge in [-0.3, -0.25) is 0 Å². The van der Waals surface area contributed by atoms with Gasteiger partial charge < -0.3 is 10.3 Å².